The fraction of sp³-hybridized carbons (Fsp3) is 1.00. The highest BCUT2D eigenvalue weighted by molar-refractivity contribution is 6.80. The maximum absolute atomic E-state index is 2.45. The third-order valence-corrected chi connectivity index (χ3v) is 19.0. The van der Waals surface area contributed by atoms with Crippen LogP contribution in [0, 0.1) is 0 Å². The lowest BCUT2D eigenvalue weighted by atomic mass is 10.1. The molecule has 22 heavy (non-hydrogen) atoms. The molecule has 0 saturated heterocycles. The second-order valence-corrected chi connectivity index (χ2v) is 19.0. The first-order chi connectivity index (χ1) is 10.6. The molecule has 0 saturated carbocycles. The SMILES string of the molecule is CC[Si](CC)(CC)CCCCCCCC[Si](CC)(CC)CC. The fourth-order valence-electron chi connectivity index (χ4n) is 4.27. The van der Waals surface area contributed by atoms with Crippen molar-refractivity contribution in [2.24, 2.45) is 0 Å². The van der Waals surface area contributed by atoms with Crippen molar-refractivity contribution >= 4 is 16.1 Å². The molecular formula is C20H46Si2. The van der Waals surface area contributed by atoms with E-state index in [1.165, 1.54) is 74.8 Å². The van der Waals surface area contributed by atoms with Crippen molar-refractivity contribution < 1.29 is 0 Å². The van der Waals surface area contributed by atoms with Gasteiger partial charge in [0.25, 0.3) is 0 Å². The van der Waals surface area contributed by atoms with Crippen LogP contribution in [0.4, 0.5) is 0 Å². The molecule has 0 spiro atoms. The van der Waals surface area contributed by atoms with Crippen LogP contribution in [0.2, 0.25) is 48.4 Å². The van der Waals surface area contributed by atoms with Gasteiger partial charge in [-0.25, -0.2) is 0 Å². The summed E-state index contributed by atoms with van der Waals surface area (Å²) in [6.07, 6.45) is 9.07. The summed E-state index contributed by atoms with van der Waals surface area (Å²) in [5.41, 5.74) is 0. The summed E-state index contributed by atoms with van der Waals surface area (Å²) in [6, 6.07) is 12.3. The van der Waals surface area contributed by atoms with E-state index >= 15 is 0 Å². The minimum absolute atomic E-state index is 0.827. The van der Waals surface area contributed by atoms with Crippen molar-refractivity contribution in [3.8, 4) is 0 Å². The van der Waals surface area contributed by atoms with Crippen molar-refractivity contribution in [1.29, 1.82) is 0 Å². The Hall–Kier alpha value is 0.434. The Morgan fingerprint density at radius 1 is 0.364 bits per heavy atom. The zero-order chi connectivity index (χ0) is 16.9. The molecule has 2 heteroatoms. The quantitative estimate of drug-likeness (QED) is 0.207. The lowest BCUT2D eigenvalue weighted by Crippen LogP contribution is -2.30. The van der Waals surface area contributed by atoms with Gasteiger partial charge in [0.15, 0.2) is 0 Å². The van der Waals surface area contributed by atoms with Crippen molar-refractivity contribution in [3.05, 3.63) is 0 Å². The molecule has 0 aliphatic rings. The molecule has 0 rings (SSSR count). The molecule has 0 atom stereocenters. The average molecular weight is 343 g/mol. The van der Waals surface area contributed by atoms with Gasteiger partial charge in [-0.3, -0.25) is 0 Å². The molecule has 0 radical (unpaired) electrons. The minimum atomic E-state index is -0.827. The smallest absolute Gasteiger partial charge is 0.0527 e. The van der Waals surface area contributed by atoms with E-state index in [1.54, 1.807) is 12.1 Å². The highest BCUT2D eigenvalue weighted by Gasteiger charge is 2.26. The molecule has 0 amide bonds. The van der Waals surface area contributed by atoms with Gasteiger partial charge in [-0.05, 0) is 0 Å². The van der Waals surface area contributed by atoms with Gasteiger partial charge >= 0.3 is 0 Å². The van der Waals surface area contributed by atoms with Crippen LogP contribution in [-0.2, 0) is 0 Å². The highest BCUT2D eigenvalue weighted by Crippen LogP contribution is 2.29. The summed E-state index contributed by atoms with van der Waals surface area (Å²) < 4.78 is 0. The Bertz CT molecular complexity index is 200. The van der Waals surface area contributed by atoms with E-state index in [0.717, 1.165) is 0 Å². The van der Waals surface area contributed by atoms with Gasteiger partial charge in [-0.15, -0.1) is 0 Å². The lowest BCUT2D eigenvalue weighted by molar-refractivity contribution is 0.618. The standard InChI is InChI=1S/C20H46Si2/c1-7-21(8-2,9-3)19-17-15-13-14-16-18-20-22(10-4,11-5)12-6/h7-20H2,1-6H3. The molecular weight excluding hydrogens is 296 g/mol. The van der Waals surface area contributed by atoms with Crippen LogP contribution in [0.3, 0.4) is 0 Å². The summed E-state index contributed by atoms with van der Waals surface area (Å²) in [5.74, 6) is 0. The van der Waals surface area contributed by atoms with Gasteiger partial charge in [0, 0.05) is 0 Å². The van der Waals surface area contributed by atoms with Crippen LogP contribution in [0.1, 0.15) is 80.1 Å². The Morgan fingerprint density at radius 3 is 0.818 bits per heavy atom. The van der Waals surface area contributed by atoms with Gasteiger partial charge in [0.1, 0.15) is 0 Å². The van der Waals surface area contributed by atoms with Crippen LogP contribution in [0.15, 0.2) is 0 Å². The van der Waals surface area contributed by atoms with Gasteiger partial charge in [0.2, 0.25) is 0 Å². The predicted octanol–water partition coefficient (Wildman–Crippen LogP) is 8.34. The molecule has 0 fully saturated rings. The summed E-state index contributed by atoms with van der Waals surface area (Å²) >= 11 is 0. The van der Waals surface area contributed by atoms with Crippen LogP contribution in [0.25, 0.3) is 0 Å². The van der Waals surface area contributed by atoms with E-state index in [9.17, 15) is 0 Å². The molecule has 0 aromatic carbocycles. The van der Waals surface area contributed by atoms with E-state index < -0.39 is 16.1 Å². The largest absolute Gasteiger partial charge is 0.0678 e. The van der Waals surface area contributed by atoms with Crippen molar-refractivity contribution in [2.75, 3.05) is 0 Å². The normalized spacial score (nSPS) is 12.8. The van der Waals surface area contributed by atoms with Gasteiger partial charge in [-0.2, -0.15) is 0 Å². The first-order valence-electron chi connectivity index (χ1n) is 10.6. The van der Waals surface area contributed by atoms with E-state index in [1.807, 2.05) is 0 Å². The van der Waals surface area contributed by atoms with E-state index in [2.05, 4.69) is 41.5 Å². The van der Waals surface area contributed by atoms with E-state index in [-0.39, 0.29) is 0 Å². The van der Waals surface area contributed by atoms with Crippen molar-refractivity contribution in [3.63, 3.8) is 0 Å². The van der Waals surface area contributed by atoms with Crippen LogP contribution >= 0.6 is 0 Å². The van der Waals surface area contributed by atoms with E-state index in [0.29, 0.717) is 0 Å². The molecule has 0 nitrogen and oxygen atoms in total. The number of unbranched alkanes of at least 4 members (excludes halogenated alkanes) is 5. The fourth-order valence-corrected chi connectivity index (χ4v) is 11.4. The second-order valence-electron chi connectivity index (χ2n) is 7.74. The number of hydrogen-bond acceptors (Lipinski definition) is 0. The zero-order valence-corrected chi connectivity index (χ0v) is 18.9. The maximum atomic E-state index is 2.45. The topological polar surface area (TPSA) is 0 Å². The second kappa shape index (κ2) is 12.8. The van der Waals surface area contributed by atoms with Crippen LogP contribution in [0.5, 0.6) is 0 Å². The van der Waals surface area contributed by atoms with Gasteiger partial charge in [0.05, 0.1) is 16.1 Å². The summed E-state index contributed by atoms with van der Waals surface area (Å²) in [5, 5.41) is 0. The van der Waals surface area contributed by atoms with Crippen LogP contribution < -0.4 is 0 Å². The maximum Gasteiger partial charge on any atom is 0.0527 e. The lowest BCUT2D eigenvalue weighted by Gasteiger charge is -2.28. The van der Waals surface area contributed by atoms with Crippen LogP contribution in [-0.4, -0.2) is 16.1 Å². The van der Waals surface area contributed by atoms with Crippen molar-refractivity contribution in [2.45, 2.75) is 128 Å². The Labute approximate surface area is 144 Å². The molecule has 0 aliphatic carbocycles. The molecule has 0 unspecified atom stereocenters. The van der Waals surface area contributed by atoms with Gasteiger partial charge < -0.3 is 0 Å². The zero-order valence-electron chi connectivity index (χ0n) is 16.9. The number of rotatable bonds is 15. The minimum Gasteiger partial charge on any atom is -0.0678 e. The first kappa shape index (κ1) is 22.4. The molecule has 0 aromatic rings. The first-order valence-corrected chi connectivity index (χ1v) is 16.2. The molecule has 0 heterocycles. The molecule has 134 valence electrons. The predicted molar refractivity (Wildman–Crippen MR) is 112 cm³/mol. The monoisotopic (exact) mass is 342 g/mol. The summed E-state index contributed by atoms with van der Waals surface area (Å²) in [6.45, 7) is 14.7. The summed E-state index contributed by atoms with van der Waals surface area (Å²) in [4.78, 5) is 0. The molecule has 0 N–H and O–H groups in total. The Balaban J connectivity index is 3.70. The third-order valence-electron chi connectivity index (χ3n) is 7.16. The average Bonchev–Trinajstić information content (AvgIpc) is 2.58. The Morgan fingerprint density at radius 2 is 0.591 bits per heavy atom. The third kappa shape index (κ3) is 7.81. The molecule has 0 aromatic heterocycles. The molecule has 0 bridgehead atoms. The Kier molecular flexibility index (Phi) is 13.1. The van der Waals surface area contributed by atoms with E-state index in [4.69, 9.17) is 0 Å². The van der Waals surface area contributed by atoms with Gasteiger partial charge in [-0.1, -0.05) is 128 Å². The molecule has 0 aliphatic heterocycles. The summed E-state index contributed by atoms with van der Waals surface area (Å²) in [7, 11) is -1.65. The number of hydrogen-bond donors (Lipinski definition) is 0. The van der Waals surface area contributed by atoms with Crippen molar-refractivity contribution in [1.82, 2.24) is 0 Å². The highest BCUT2D eigenvalue weighted by atomic mass is 28.3.